The Balaban J connectivity index is 2.47. The molecule has 0 bridgehead atoms. The number of hydrogen-bond donors (Lipinski definition) is 1. The number of carboxylic acids is 1. The minimum Gasteiger partial charge on any atom is -0.477 e. The molecule has 0 amide bonds. The van der Waals surface area contributed by atoms with Gasteiger partial charge in [0.05, 0.1) is 16.5 Å². The highest BCUT2D eigenvalue weighted by Gasteiger charge is 2.27. The van der Waals surface area contributed by atoms with E-state index in [4.69, 9.17) is 5.11 Å². The van der Waals surface area contributed by atoms with E-state index in [-0.39, 0.29) is 17.3 Å². The maximum atomic E-state index is 11.9. The van der Waals surface area contributed by atoms with Crippen LogP contribution in [0.4, 0.5) is 0 Å². The summed E-state index contributed by atoms with van der Waals surface area (Å²) in [4.78, 5) is 16.8. The van der Waals surface area contributed by atoms with Gasteiger partial charge in [-0.15, -0.1) is 0 Å². The quantitative estimate of drug-likeness (QED) is 0.741. The first kappa shape index (κ1) is 11.9. The lowest BCUT2D eigenvalue weighted by Gasteiger charge is -2.20. The van der Waals surface area contributed by atoms with Crippen molar-refractivity contribution in [3.63, 3.8) is 0 Å². The molecule has 0 aromatic heterocycles. The second-order valence-corrected chi connectivity index (χ2v) is 5.46. The Morgan fingerprint density at radius 1 is 1.71 bits per heavy atom. The second kappa shape index (κ2) is 4.37. The highest BCUT2D eigenvalue weighted by Crippen LogP contribution is 2.14. The van der Waals surface area contributed by atoms with Gasteiger partial charge < -0.3 is 10.0 Å². The van der Waals surface area contributed by atoms with Crippen molar-refractivity contribution in [2.24, 2.45) is 10.9 Å². The maximum Gasteiger partial charge on any atom is 0.346 e. The predicted molar refractivity (Wildman–Crippen MR) is 68.5 cm³/mol. The van der Waals surface area contributed by atoms with E-state index < -0.39 is 15.9 Å². The van der Waals surface area contributed by atoms with Crippen molar-refractivity contribution in [1.29, 1.82) is 0 Å². The van der Waals surface area contributed by atoms with Crippen molar-refractivity contribution in [2.75, 3.05) is 6.54 Å². The van der Waals surface area contributed by atoms with Crippen LogP contribution in [0.3, 0.4) is 0 Å². The van der Waals surface area contributed by atoms with Gasteiger partial charge in [-0.3, -0.25) is 0 Å². The summed E-state index contributed by atoms with van der Waals surface area (Å²) >= 11 is 0. The summed E-state index contributed by atoms with van der Waals surface area (Å²) < 4.78 is 11.9. The molecule has 0 fully saturated rings. The molecule has 6 heteroatoms. The van der Waals surface area contributed by atoms with Crippen LogP contribution >= 0.6 is 0 Å². The monoisotopic (exact) mass is 254 g/mol. The normalized spacial score (nSPS) is 20.5. The number of hydrogen-bond acceptors (Lipinski definition) is 4. The van der Waals surface area contributed by atoms with Gasteiger partial charge >= 0.3 is 5.97 Å². The highest BCUT2D eigenvalue weighted by atomic mass is 32.1. The lowest BCUT2D eigenvalue weighted by Crippen LogP contribution is -2.30. The molecule has 92 valence electrons. The number of rotatable bonds is 3. The molecule has 0 spiro atoms. The van der Waals surface area contributed by atoms with E-state index in [1.807, 2.05) is 13.0 Å². The Morgan fingerprint density at radius 2 is 2.41 bits per heavy atom. The number of aliphatic imine (C=N–C) groups is 1. The molecule has 2 aliphatic heterocycles. The fourth-order valence-electron chi connectivity index (χ4n) is 1.66. The Morgan fingerprint density at radius 3 is 3.00 bits per heavy atom. The minimum absolute atomic E-state index is 0.00111. The predicted octanol–water partition coefficient (Wildman–Crippen LogP) is 0.409. The summed E-state index contributed by atoms with van der Waals surface area (Å²) in [5.74, 6) is -0.828. The molecule has 0 saturated heterocycles. The van der Waals surface area contributed by atoms with Gasteiger partial charge in [-0.05, 0) is 18.4 Å². The molecule has 0 aliphatic carbocycles. The molecule has 1 N–H and O–H groups in total. The summed E-state index contributed by atoms with van der Waals surface area (Å²) in [5, 5.41) is 9.26. The maximum absolute atomic E-state index is 11.9. The van der Waals surface area contributed by atoms with Crippen molar-refractivity contribution in [2.45, 2.75) is 20.3 Å². The van der Waals surface area contributed by atoms with Gasteiger partial charge in [0, 0.05) is 11.9 Å². The van der Waals surface area contributed by atoms with E-state index in [1.54, 1.807) is 11.1 Å². The molecule has 0 radical (unpaired) electrons. The first-order chi connectivity index (χ1) is 8.04. The van der Waals surface area contributed by atoms with E-state index in [1.165, 1.54) is 0 Å². The molecule has 0 aromatic rings. The van der Waals surface area contributed by atoms with Crippen LogP contribution in [-0.4, -0.2) is 42.4 Å². The molecule has 17 heavy (non-hydrogen) atoms. The van der Waals surface area contributed by atoms with Crippen molar-refractivity contribution in [3.05, 3.63) is 12.3 Å². The zero-order valence-electron chi connectivity index (χ0n) is 9.71. The number of carboxylic acid groups (broad SMARTS) is 1. The summed E-state index contributed by atoms with van der Waals surface area (Å²) in [6, 6.07) is 0. The SMILES string of the molecule is CCC(C)C1=NC2=S(=O)=C(C(=O)O)CN2C=C1. The Bertz CT molecular complexity index is 572. The van der Waals surface area contributed by atoms with Crippen LogP contribution in [0.25, 0.3) is 0 Å². The first-order valence-electron chi connectivity index (χ1n) is 5.45. The van der Waals surface area contributed by atoms with Gasteiger partial charge in [0.1, 0.15) is 4.86 Å². The Kier molecular flexibility index (Phi) is 3.06. The third-order valence-corrected chi connectivity index (χ3v) is 4.36. The molecule has 1 atom stereocenters. The van der Waals surface area contributed by atoms with Gasteiger partial charge in [-0.1, -0.05) is 13.8 Å². The third kappa shape index (κ3) is 2.00. The van der Waals surface area contributed by atoms with Crippen molar-refractivity contribution in [1.82, 2.24) is 4.90 Å². The largest absolute Gasteiger partial charge is 0.477 e. The summed E-state index contributed by atoms with van der Waals surface area (Å²) in [6.45, 7) is 4.25. The molecule has 0 saturated carbocycles. The zero-order valence-corrected chi connectivity index (χ0v) is 10.5. The van der Waals surface area contributed by atoms with Crippen molar-refractivity contribution < 1.29 is 14.1 Å². The van der Waals surface area contributed by atoms with Crippen LogP contribution in [0.1, 0.15) is 20.3 Å². The molecular formula is C11H14N2O3S. The third-order valence-electron chi connectivity index (χ3n) is 2.96. The van der Waals surface area contributed by atoms with Gasteiger partial charge in [-0.25, -0.2) is 14.0 Å². The molecule has 2 rings (SSSR count). The van der Waals surface area contributed by atoms with E-state index >= 15 is 0 Å². The van der Waals surface area contributed by atoms with Crippen LogP contribution in [0, 0.1) is 5.92 Å². The van der Waals surface area contributed by atoms with E-state index in [2.05, 4.69) is 11.9 Å². The molecular weight excluding hydrogens is 240 g/mol. The van der Waals surface area contributed by atoms with Crippen molar-refractivity contribution >= 4 is 31.6 Å². The first-order valence-corrected chi connectivity index (χ1v) is 6.60. The lowest BCUT2D eigenvalue weighted by atomic mass is 10.0. The smallest absolute Gasteiger partial charge is 0.346 e. The average molecular weight is 254 g/mol. The Hall–Kier alpha value is -1.56. The molecule has 5 nitrogen and oxygen atoms in total. The van der Waals surface area contributed by atoms with Gasteiger partial charge in [0.25, 0.3) is 0 Å². The minimum atomic E-state index is -1.63. The second-order valence-electron chi connectivity index (χ2n) is 4.07. The summed E-state index contributed by atoms with van der Waals surface area (Å²) in [6.07, 6.45) is 4.57. The topological polar surface area (TPSA) is 70.0 Å². The summed E-state index contributed by atoms with van der Waals surface area (Å²) in [7, 11) is -1.63. The zero-order chi connectivity index (χ0) is 12.6. The Labute approximate surface area is 101 Å². The lowest BCUT2D eigenvalue weighted by molar-refractivity contribution is -0.129. The van der Waals surface area contributed by atoms with E-state index in [0.29, 0.717) is 5.11 Å². The number of carbonyl (C=O) groups is 1. The van der Waals surface area contributed by atoms with E-state index in [0.717, 1.165) is 12.1 Å². The van der Waals surface area contributed by atoms with Crippen molar-refractivity contribution in [3.8, 4) is 0 Å². The highest BCUT2D eigenvalue weighted by molar-refractivity contribution is 7.86. The van der Waals surface area contributed by atoms with Crippen LogP contribution < -0.4 is 0 Å². The molecule has 0 aromatic carbocycles. The number of allylic oxidation sites excluding steroid dienone is 1. The fraction of sp³-hybridized carbons (Fsp3) is 0.455. The summed E-state index contributed by atoms with van der Waals surface area (Å²) in [5.41, 5.74) is 0.860. The number of nitrogens with zero attached hydrogens (tertiary/aromatic N) is 2. The molecule has 2 heterocycles. The van der Waals surface area contributed by atoms with Gasteiger partial charge in [-0.2, -0.15) is 0 Å². The van der Waals surface area contributed by atoms with Crippen LogP contribution in [0.2, 0.25) is 0 Å². The number of fused-ring (bicyclic) bond motifs is 1. The van der Waals surface area contributed by atoms with Gasteiger partial charge in [0.2, 0.25) is 5.11 Å². The standard InChI is InChI=1S/C11H14N2O3S/c1-3-7(2)8-4-5-13-6-9(10(14)15)17(16)11(13)12-8/h4-5,7H,3,6H2,1-2H3,(H,14,15). The van der Waals surface area contributed by atoms with Crippen LogP contribution in [-0.2, 0) is 14.8 Å². The van der Waals surface area contributed by atoms with Crippen LogP contribution in [0.15, 0.2) is 17.3 Å². The molecule has 2 aliphatic rings. The van der Waals surface area contributed by atoms with Gasteiger partial charge in [0.15, 0.2) is 0 Å². The fourth-order valence-corrected chi connectivity index (χ4v) is 2.83. The number of aliphatic carboxylic acids is 1. The molecule has 1 unspecified atom stereocenters. The van der Waals surface area contributed by atoms with E-state index in [9.17, 15) is 9.00 Å². The van der Waals surface area contributed by atoms with Crippen LogP contribution in [0.5, 0.6) is 0 Å². The average Bonchev–Trinajstić information content (AvgIpc) is 2.65.